The van der Waals surface area contributed by atoms with Crippen LogP contribution >= 0.6 is 0 Å². The van der Waals surface area contributed by atoms with Gasteiger partial charge < -0.3 is 19.6 Å². The molecule has 0 bridgehead atoms. The van der Waals surface area contributed by atoms with Gasteiger partial charge >= 0.3 is 0 Å². The van der Waals surface area contributed by atoms with Crippen molar-refractivity contribution in [2.24, 2.45) is 0 Å². The van der Waals surface area contributed by atoms with Gasteiger partial charge in [0.15, 0.2) is 0 Å². The second-order valence-corrected chi connectivity index (χ2v) is 8.73. The molecule has 2 N–H and O–H groups in total. The number of hydrogen-bond acceptors (Lipinski definition) is 8. The lowest BCUT2D eigenvalue weighted by atomic mass is 9.81. The number of aromatic nitrogens is 4. The normalized spacial score (nSPS) is 18.5. The summed E-state index contributed by atoms with van der Waals surface area (Å²) in [6.07, 6.45) is 6.39. The minimum Gasteiger partial charge on any atom is -0.506 e. The number of ether oxygens (including phenoxy) is 1. The minimum absolute atomic E-state index is 0.0138. The van der Waals surface area contributed by atoms with Crippen molar-refractivity contribution in [3.63, 3.8) is 0 Å². The Morgan fingerprint density at radius 1 is 1.10 bits per heavy atom. The average molecular weight is 395 g/mol. The van der Waals surface area contributed by atoms with Gasteiger partial charge in [-0.05, 0) is 39.8 Å². The zero-order valence-electron chi connectivity index (χ0n) is 17.0. The Balaban J connectivity index is 1.50. The first-order valence-corrected chi connectivity index (χ1v) is 9.60. The van der Waals surface area contributed by atoms with E-state index in [-0.39, 0.29) is 22.9 Å². The van der Waals surface area contributed by atoms with Crippen LogP contribution in [0.3, 0.4) is 0 Å². The first-order valence-electron chi connectivity index (χ1n) is 9.60. The van der Waals surface area contributed by atoms with Gasteiger partial charge in [-0.3, -0.25) is 0 Å². The summed E-state index contributed by atoms with van der Waals surface area (Å²) in [5.74, 6) is 0.829. The highest BCUT2D eigenvalue weighted by Crippen LogP contribution is 2.32. The molecule has 0 aliphatic carbocycles. The highest BCUT2D eigenvalue weighted by molar-refractivity contribution is 5.66. The Bertz CT molecular complexity index is 968. The molecule has 1 aliphatic rings. The van der Waals surface area contributed by atoms with Crippen LogP contribution in [-0.4, -0.2) is 42.5 Å². The summed E-state index contributed by atoms with van der Waals surface area (Å²) in [6.45, 7) is 8.70. The molecule has 0 aromatic carbocycles. The molecule has 0 radical (unpaired) electrons. The Kier molecular flexibility index (Phi) is 4.74. The topological polar surface area (TPSA) is 106 Å². The van der Waals surface area contributed by atoms with E-state index >= 15 is 0 Å². The van der Waals surface area contributed by atoms with E-state index in [2.05, 4.69) is 53.2 Å². The molecule has 1 fully saturated rings. The number of nitrogens with zero attached hydrogens (tertiary/aromatic N) is 4. The van der Waals surface area contributed by atoms with Crippen LogP contribution in [0.2, 0.25) is 0 Å². The Labute approximate surface area is 169 Å². The predicted molar refractivity (Wildman–Crippen MR) is 107 cm³/mol. The molecule has 1 aliphatic heterocycles. The second-order valence-electron chi connectivity index (χ2n) is 8.73. The molecule has 152 valence electrons. The lowest BCUT2D eigenvalue weighted by Crippen LogP contribution is -2.60. The van der Waals surface area contributed by atoms with Gasteiger partial charge in [-0.2, -0.15) is 0 Å². The number of oxazole rings is 1. The Hall–Kier alpha value is -3.00. The van der Waals surface area contributed by atoms with Crippen molar-refractivity contribution < 1.29 is 14.3 Å². The van der Waals surface area contributed by atoms with E-state index in [9.17, 15) is 5.11 Å². The van der Waals surface area contributed by atoms with E-state index < -0.39 is 0 Å². The first-order chi connectivity index (χ1) is 13.7. The molecule has 0 unspecified atom stereocenters. The molecule has 4 rings (SSSR count). The third-order valence-corrected chi connectivity index (χ3v) is 4.87. The quantitative estimate of drug-likeness (QED) is 0.690. The molecular formula is C21H25N5O3. The van der Waals surface area contributed by atoms with Crippen LogP contribution in [0.4, 0.5) is 0 Å². The summed E-state index contributed by atoms with van der Waals surface area (Å²) in [6, 6.07) is 5.04. The van der Waals surface area contributed by atoms with Gasteiger partial charge in [0.2, 0.25) is 11.8 Å². The molecule has 3 aromatic heterocycles. The SMILES string of the molecule is CC1(C)CC(Oc2ccc(-c3ncc(-c4ncco4)cc3O)nn2)CC(C)(C)N1. The minimum atomic E-state index is -0.0227. The van der Waals surface area contributed by atoms with Gasteiger partial charge in [-0.1, -0.05) is 0 Å². The van der Waals surface area contributed by atoms with Crippen molar-refractivity contribution >= 4 is 0 Å². The van der Waals surface area contributed by atoms with Crippen molar-refractivity contribution in [3.05, 3.63) is 36.9 Å². The van der Waals surface area contributed by atoms with E-state index in [0.717, 1.165) is 12.8 Å². The van der Waals surface area contributed by atoms with Gasteiger partial charge in [0, 0.05) is 36.2 Å². The maximum atomic E-state index is 10.4. The number of pyridine rings is 1. The fourth-order valence-electron chi connectivity index (χ4n) is 4.13. The van der Waals surface area contributed by atoms with Crippen LogP contribution in [0.15, 0.2) is 41.3 Å². The molecule has 1 saturated heterocycles. The summed E-state index contributed by atoms with van der Waals surface area (Å²) in [7, 11) is 0. The predicted octanol–water partition coefficient (Wildman–Crippen LogP) is 3.59. The maximum Gasteiger partial charge on any atom is 0.233 e. The summed E-state index contributed by atoms with van der Waals surface area (Å²) in [5.41, 5.74) is 1.35. The van der Waals surface area contributed by atoms with Crippen molar-refractivity contribution in [2.75, 3.05) is 0 Å². The first kappa shape index (κ1) is 19.3. The number of nitrogens with one attached hydrogen (secondary N) is 1. The largest absolute Gasteiger partial charge is 0.506 e. The van der Waals surface area contributed by atoms with Crippen molar-refractivity contribution in [1.82, 2.24) is 25.5 Å². The number of aromatic hydroxyl groups is 1. The molecule has 0 amide bonds. The van der Waals surface area contributed by atoms with E-state index in [1.54, 1.807) is 24.4 Å². The van der Waals surface area contributed by atoms with Gasteiger partial charge in [-0.15, -0.1) is 10.2 Å². The van der Waals surface area contributed by atoms with Gasteiger partial charge in [0.05, 0.1) is 11.8 Å². The van der Waals surface area contributed by atoms with Crippen LogP contribution in [0.5, 0.6) is 11.6 Å². The third kappa shape index (κ3) is 4.37. The van der Waals surface area contributed by atoms with Crippen LogP contribution in [-0.2, 0) is 0 Å². The zero-order chi connectivity index (χ0) is 20.6. The monoisotopic (exact) mass is 395 g/mol. The maximum absolute atomic E-state index is 10.4. The van der Waals surface area contributed by atoms with Gasteiger partial charge in [0.25, 0.3) is 0 Å². The number of hydrogen-bond donors (Lipinski definition) is 2. The van der Waals surface area contributed by atoms with Crippen LogP contribution < -0.4 is 10.1 Å². The van der Waals surface area contributed by atoms with E-state index in [1.807, 2.05) is 0 Å². The highest BCUT2D eigenvalue weighted by Gasteiger charge is 2.38. The summed E-state index contributed by atoms with van der Waals surface area (Å²) < 4.78 is 11.3. The molecule has 0 saturated carbocycles. The van der Waals surface area contributed by atoms with E-state index in [0.29, 0.717) is 28.7 Å². The smallest absolute Gasteiger partial charge is 0.233 e. The average Bonchev–Trinajstić information content (AvgIpc) is 3.14. The fourth-order valence-corrected chi connectivity index (χ4v) is 4.13. The molecule has 0 spiro atoms. The highest BCUT2D eigenvalue weighted by atomic mass is 16.5. The van der Waals surface area contributed by atoms with Crippen LogP contribution in [0.25, 0.3) is 22.8 Å². The molecule has 3 aromatic rings. The lowest BCUT2D eigenvalue weighted by molar-refractivity contribution is 0.0524. The molecule has 0 atom stereocenters. The van der Waals surface area contributed by atoms with E-state index in [4.69, 9.17) is 9.15 Å². The van der Waals surface area contributed by atoms with Gasteiger partial charge in [0.1, 0.15) is 29.5 Å². The van der Waals surface area contributed by atoms with Crippen LogP contribution in [0.1, 0.15) is 40.5 Å². The lowest BCUT2D eigenvalue weighted by Gasteiger charge is -2.46. The Morgan fingerprint density at radius 2 is 1.86 bits per heavy atom. The number of rotatable bonds is 4. The van der Waals surface area contributed by atoms with Crippen molar-refractivity contribution in [1.29, 1.82) is 0 Å². The zero-order valence-corrected chi connectivity index (χ0v) is 17.0. The standard InChI is InChI=1S/C21H25N5O3/c1-20(2)10-14(11-21(3,4)26-20)29-17-6-5-15(24-25-17)18-16(27)9-13(12-23-18)19-22-7-8-28-19/h5-9,12,14,26-27H,10-11H2,1-4H3. The Morgan fingerprint density at radius 3 is 2.45 bits per heavy atom. The van der Waals surface area contributed by atoms with Gasteiger partial charge in [-0.25, -0.2) is 9.97 Å². The summed E-state index contributed by atoms with van der Waals surface area (Å²) >= 11 is 0. The molecule has 29 heavy (non-hydrogen) atoms. The third-order valence-electron chi connectivity index (χ3n) is 4.87. The van der Waals surface area contributed by atoms with Crippen LogP contribution in [0, 0.1) is 0 Å². The fraction of sp³-hybridized carbons (Fsp3) is 0.429. The summed E-state index contributed by atoms with van der Waals surface area (Å²) in [5, 5.41) is 22.4. The van der Waals surface area contributed by atoms with E-state index in [1.165, 1.54) is 12.5 Å². The molecular weight excluding hydrogens is 370 g/mol. The van der Waals surface area contributed by atoms with Crippen molar-refractivity contribution in [2.45, 2.75) is 57.7 Å². The molecule has 8 heteroatoms. The number of piperidine rings is 1. The second kappa shape index (κ2) is 7.11. The molecule has 4 heterocycles. The molecule has 8 nitrogen and oxygen atoms in total. The summed E-state index contributed by atoms with van der Waals surface area (Å²) in [4.78, 5) is 8.34. The van der Waals surface area contributed by atoms with Crippen molar-refractivity contribution in [3.8, 4) is 34.5 Å².